The molecule has 0 unspecified atom stereocenters. The van der Waals surface area contributed by atoms with Crippen LogP contribution < -0.4 is 5.32 Å². The topological polar surface area (TPSA) is 57.2 Å². The highest BCUT2D eigenvalue weighted by molar-refractivity contribution is 5.76. The van der Waals surface area contributed by atoms with E-state index in [9.17, 15) is 0 Å². The van der Waals surface area contributed by atoms with E-state index in [1.807, 2.05) is 43.6 Å². The van der Waals surface area contributed by atoms with Crippen LogP contribution in [0.5, 0.6) is 0 Å². The molecule has 6 rings (SSSR count). The Morgan fingerprint density at radius 1 is 0.659 bits per heavy atom. The second kappa shape index (κ2) is 12.4. The lowest BCUT2D eigenvalue weighted by Crippen LogP contribution is -2.43. The zero-order valence-corrected chi connectivity index (χ0v) is 23.8. The number of likely N-dealkylation sites (N-methyl/N-ethyl adjacent to an activating group) is 1. The van der Waals surface area contributed by atoms with Crippen LogP contribution in [0.3, 0.4) is 0 Å². The molecule has 0 radical (unpaired) electrons. The summed E-state index contributed by atoms with van der Waals surface area (Å²) in [5.41, 5.74) is 9.56. The number of anilines is 1. The van der Waals surface area contributed by atoms with Crippen molar-refractivity contribution in [2.45, 2.75) is 20.0 Å². The van der Waals surface area contributed by atoms with Crippen LogP contribution >= 0.6 is 0 Å². The van der Waals surface area contributed by atoms with Gasteiger partial charge in [0.15, 0.2) is 0 Å². The van der Waals surface area contributed by atoms with Gasteiger partial charge in [0, 0.05) is 68.5 Å². The number of nitrogens with zero attached hydrogens (tertiary/aromatic N) is 5. The smallest absolute Gasteiger partial charge is 0.127 e. The van der Waals surface area contributed by atoms with Crippen LogP contribution in [0, 0.1) is 6.92 Å². The van der Waals surface area contributed by atoms with Crippen LogP contribution in [0.2, 0.25) is 0 Å². The van der Waals surface area contributed by atoms with Crippen molar-refractivity contribution in [1.29, 1.82) is 0 Å². The van der Waals surface area contributed by atoms with Gasteiger partial charge in [-0.25, -0.2) is 4.98 Å². The van der Waals surface area contributed by atoms with Crippen molar-refractivity contribution in [3.63, 3.8) is 0 Å². The average molecular weight is 541 g/mol. The third-order valence-corrected chi connectivity index (χ3v) is 7.65. The van der Waals surface area contributed by atoms with Crippen LogP contribution in [0.1, 0.15) is 16.8 Å². The fourth-order valence-electron chi connectivity index (χ4n) is 5.22. The number of pyridine rings is 3. The van der Waals surface area contributed by atoms with E-state index in [0.29, 0.717) is 6.54 Å². The molecule has 41 heavy (non-hydrogen) atoms. The number of nitrogens with one attached hydrogen (secondary N) is 1. The Bertz CT molecular complexity index is 1590. The molecule has 3 aromatic heterocycles. The molecule has 206 valence electrons. The van der Waals surface area contributed by atoms with Gasteiger partial charge in [-0.15, -0.1) is 0 Å². The summed E-state index contributed by atoms with van der Waals surface area (Å²) in [6.07, 6.45) is 3.87. The van der Waals surface area contributed by atoms with Gasteiger partial charge in [0.2, 0.25) is 0 Å². The highest BCUT2D eigenvalue weighted by atomic mass is 15.2. The number of aryl methyl sites for hydroxylation is 1. The van der Waals surface area contributed by atoms with E-state index in [1.165, 1.54) is 16.7 Å². The minimum Gasteiger partial charge on any atom is -0.366 e. The van der Waals surface area contributed by atoms with Crippen molar-refractivity contribution in [2.75, 3.05) is 38.5 Å². The molecule has 1 aliphatic rings. The van der Waals surface area contributed by atoms with Crippen molar-refractivity contribution in [1.82, 2.24) is 24.8 Å². The summed E-state index contributed by atoms with van der Waals surface area (Å²) in [7, 11) is 2.20. The normalized spacial score (nSPS) is 14.2. The molecular weight excluding hydrogens is 504 g/mol. The van der Waals surface area contributed by atoms with Gasteiger partial charge in [0.25, 0.3) is 0 Å². The quantitative estimate of drug-likeness (QED) is 0.241. The predicted octanol–water partition coefficient (Wildman–Crippen LogP) is 6.54. The molecule has 0 aliphatic carbocycles. The van der Waals surface area contributed by atoms with Crippen LogP contribution in [0.25, 0.3) is 33.6 Å². The molecule has 0 atom stereocenters. The Balaban J connectivity index is 1.27. The van der Waals surface area contributed by atoms with E-state index in [2.05, 4.69) is 93.9 Å². The van der Waals surface area contributed by atoms with Gasteiger partial charge < -0.3 is 10.2 Å². The van der Waals surface area contributed by atoms with E-state index in [-0.39, 0.29) is 0 Å². The van der Waals surface area contributed by atoms with Gasteiger partial charge in [0.1, 0.15) is 5.82 Å². The van der Waals surface area contributed by atoms with E-state index < -0.39 is 0 Å². The Morgan fingerprint density at radius 2 is 1.41 bits per heavy atom. The molecule has 1 fully saturated rings. The highest BCUT2D eigenvalue weighted by Crippen LogP contribution is 2.30. The van der Waals surface area contributed by atoms with Gasteiger partial charge in [-0.3, -0.25) is 14.9 Å². The van der Waals surface area contributed by atoms with Gasteiger partial charge >= 0.3 is 0 Å². The Morgan fingerprint density at radius 3 is 2.17 bits per heavy atom. The Labute approximate surface area is 242 Å². The average Bonchev–Trinajstić information content (AvgIpc) is 3.02. The first-order valence-electron chi connectivity index (χ1n) is 14.3. The summed E-state index contributed by atoms with van der Waals surface area (Å²) in [4.78, 5) is 19.2. The molecular formula is C35H36N6. The van der Waals surface area contributed by atoms with Crippen LogP contribution in [-0.2, 0) is 13.1 Å². The summed E-state index contributed by atoms with van der Waals surface area (Å²) in [6, 6.07) is 31.8. The molecule has 1 N–H and O–H groups in total. The second-order valence-corrected chi connectivity index (χ2v) is 10.9. The third-order valence-electron chi connectivity index (χ3n) is 7.65. The summed E-state index contributed by atoms with van der Waals surface area (Å²) in [5.74, 6) is 0.809. The van der Waals surface area contributed by atoms with Crippen molar-refractivity contribution in [2.24, 2.45) is 0 Å². The van der Waals surface area contributed by atoms with Crippen molar-refractivity contribution >= 4 is 5.82 Å². The summed E-state index contributed by atoms with van der Waals surface area (Å²) >= 11 is 0. The molecule has 1 saturated heterocycles. The number of aromatic nitrogens is 3. The minimum absolute atomic E-state index is 0.691. The number of rotatable bonds is 8. The molecule has 5 aromatic rings. The SMILES string of the molecule is Cc1cccc(-c2cc(-c3cncc(-c4ccc(CN5CCN(C)CC5)cc4)c3)cc(NCc3ccccc3)n2)n1. The van der Waals surface area contributed by atoms with Crippen LogP contribution in [0.15, 0.2) is 103 Å². The zero-order chi connectivity index (χ0) is 28.0. The number of benzene rings is 2. The first-order chi connectivity index (χ1) is 20.1. The number of piperazine rings is 1. The molecule has 4 heterocycles. The molecule has 2 aromatic carbocycles. The number of hydrogen-bond acceptors (Lipinski definition) is 6. The molecule has 0 saturated carbocycles. The van der Waals surface area contributed by atoms with Crippen LogP contribution in [0.4, 0.5) is 5.82 Å². The number of hydrogen-bond donors (Lipinski definition) is 1. The minimum atomic E-state index is 0.691. The monoisotopic (exact) mass is 540 g/mol. The lowest BCUT2D eigenvalue weighted by Gasteiger charge is -2.32. The highest BCUT2D eigenvalue weighted by Gasteiger charge is 2.14. The lowest BCUT2D eigenvalue weighted by atomic mass is 10.0. The standard InChI is InChI=1S/C35H36N6/c1-26-7-6-10-33(38-26)34-20-30(21-35(39-34)37-22-27-8-4-3-5-9-27)32-19-31(23-36-24-32)29-13-11-28(12-14-29)25-41-17-15-40(2)16-18-41/h3-14,19-21,23-24H,15-18,22,25H2,1-2H3,(H,37,39). The van der Waals surface area contributed by atoms with Gasteiger partial charge in [-0.1, -0.05) is 60.7 Å². The third kappa shape index (κ3) is 6.85. The van der Waals surface area contributed by atoms with E-state index in [4.69, 9.17) is 9.97 Å². The van der Waals surface area contributed by atoms with E-state index in [0.717, 1.165) is 72.3 Å². The Kier molecular flexibility index (Phi) is 8.12. The zero-order valence-electron chi connectivity index (χ0n) is 23.8. The van der Waals surface area contributed by atoms with Crippen LogP contribution in [-0.4, -0.2) is 58.0 Å². The van der Waals surface area contributed by atoms with Crippen molar-refractivity contribution in [3.05, 3.63) is 120 Å². The molecule has 6 heteroatoms. The largest absolute Gasteiger partial charge is 0.366 e. The Hall–Kier alpha value is -4.39. The maximum absolute atomic E-state index is 4.93. The molecule has 0 amide bonds. The maximum atomic E-state index is 4.93. The first-order valence-corrected chi connectivity index (χ1v) is 14.3. The maximum Gasteiger partial charge on any atom is 0.127 e. The fraction of sp³-hybridized carbons (Fsp3) is 0.229. The molecule has 0 bridgehead atoms. The van der Waals surface area contributed by atoms with Gasteiger partial charge in [-0.2, -0.15) is 0 Å². The molecule has 0 spiro atoms. The van der Waals surface area contributed by atoms with Crippen molar-refractivity contribution < 1.29 is 0 Å². The molecule has 1 aliphatic heterocycles. The van der Waals surface area contributed by atoms with Crippen molar-refractivity contribution in [3.8, 4) is 33.6 Å². The lowest BCUT2D eigenvalue weighted by molar-refractivity contribution is 0.148. The fourth-order valence-corrected chi connectivity index (χ4v) is 5.22. The van der Waals surface area contributed by atoms with Gasteiger partial charge in [0.05, 0.1) is 11.4 Å². The first kappa shape index (κ1) is 26.8. The van der Waals surface area contributed by atoms with E-state index >= 15 is 0 Å². The summed E-state index contributed by atoms with van der Waals surface area (Å²) < 4.78 is 0. The molecule has 6 nitrogen and oxygen atoms in total. The van der Waals surface area contributed by atoms with E-state index in [1.54, 1.807) is 0 Å². The van der Waals surface area contributed by atoms with Gasteiger partial charge in [-0.05, 0) is 66.6 Å². The predicted molar refractivity (Wildman–Crippen MR) is 167 cm³/mol. The second-order valence-electron chi connectivity index (χ2n) is 10.9. The summed E-state index contributed by atoms with van der Waals surface area (Å²) in [5, 5.41) is 3.52. The summed E-state index contributed by atoms with van der Waals surface area (Å²) in [6.45, 7) is 8.21.